The quantitative estimate of drug-likeness (QED) is 0.889. The predicted molar refractivity (Wildman–Crippen MR) is 83.4 cm³/mol. The van der Waals surface area contributed by atoms with Crippen LogP contribution in [0.15, 0.2) is 24.4 Å². The molecule has 20 heavy (non-hydrogen) atoms. The maximum Gasteiger partial charge on any atom is 0.251 e. The molecular formula is C15H19N3OS. The molecule has 0 spiro atoms. The van der Waals surface area contributed by atoms with Crippen molar-refractivity contribution in [1.29, 1.82) is 0 Å². The number of nitrogens with zero attached hydrogens (tertiary/aromatic N) is 1. The van der Waals surface area contributed by atoms with Crippen molar-refractivity contribution in [1.82, 2.24) is 10.3 Å². The van der Waals surface area contributed by atoms with Crippen LogP contribution in [0.1, 0.15) is 32.7 Å². The van der Waals surface area contributed by atoms with E-state index in [1.54, 1.807) is 18.4 Å². The summed E-state index contributed by atoms with van der Waals surface area (Å²) in [6, 6.07) is 5.72. The first-order valence-electron chi connectivity index (χ1n) is 6.64. The minimum atomic E-state index is -0.0581. The number of hydrogen-bond acceptors (Lipinski definition) is 4. The number of benzene rings is 1. The lowest BCUT2D eigenvalue weighted by Crippen LogP contribution is -2.19. The predicted octanol–water partition coefficient (Wildman–Crippen LogP) is 2.99. The van der Waals surface area contributed by atoms with Gasteiger partial charge in [-0.3, -0.25) is 4.79 Å². The molecule has 106 valence electrons. The van der Waals surface area contributed by atoms with Crippen molar-refractivity contribution >= 4 is 22.9 Å². The highest BCUT2D eigenvalue weighted by molar-refractivity contribution is 7.11. The molecule has 0 atom stereocenters. The van der Waals surface area contributed by atoms with Crippen LogP contribution in [0.2, 0.25) is 0 Å². The van der Waals surface area contributed by atoms with E-state index >= 15 is 0 Å². The van der Waals surface area contributed by atoms with Gasteiger partial charge in [0.15, 0.2) is 0 Å². The van der Waals surface area contributed by atoms with Crippen LogP contribution >= 0.6 is 11.3 Å². The third-order valence-electron chi connectivity index (χ3n) is 3.16. The van der Waals surface area contributed by atoms with Crippen LogP contribution < -0.4 is 10.6 Å². The minimum Gasteiger partial charge on any atom is -0.380 e. The average molecular weight is 289 g/mol. The number of anilines is 1. The Kier molecular flexibility index (Phi) is 4.74. The van der Waals surface area contributed by atoms with Gasteiger partial charge in [-0.15, -0.1) is 11.3 Å². The number of thiazole rings is 1. The molecule has 0 aliphatic carbocycles. The highest BCUT2D eigenvalue weighted by atomic mass is 32.1. The summed E-state index contributed by atoms with van der Waals surface area (Å²) in [5, 5.41) is 7.19. The van der Waals surface area contributed by atoms with E-state index in [4.69, 9.17) is 0 Å². The van der Waals surface area contributed by atoms with Crippen LogP contribution in [-0.2, 0) is 13.0 Å². The van der Waals surface area contributed by atoms with Crippen molar-refractivity contribution < 1.29 is 4.79 Å². The zero-order valence-electron chi connectivity index (χ0n) is 12.0. The molecule has 0 unspecified atom stereocenters. The Hall–Kier alpha value is -1.88. The lowest BCUT2D eigenvalue weighted by Gasteiger charge is -2.11. The SMILES string of the molecule is CCc1ncc(CNc2cccc(C(=O)NC)c2C)s1. The van der Waals surface area contributed by atoms with Gasteiger partial charge in [-0.2, -0.15) is 0 Å². The summed E-state index contributed by atoms with van der Waals surface area (Å²) in [5.74, 6) is -0.0581. The number of aromatic nitrogens is 1. The molecule has 2 aromatic rings. The van der Waals surface area contributed by atoms with Crippen molar-refractivity contribution in [3.63, 3.8) is 0 Å². The van der Waals surface area contributed by atoms with Crippen molar-refractivity contribution in [2.24, 2.45) is 0 Å². The standard InChI is InChI=1S/C15H19N3OS/c1-4-14-18-9-11(20-14)8-17-13-7-5-6-12(10(13)2)15(19)16-3/h5-7,9,17H,4,8H2,1-3H3,(H,16,19). The van der Waals surface area contributed by atoms with Gasteiger partial charge >= 0.3 is 0 Å². The van der Waals surface area contributed by atoms with Gasteiger partial charge in [-0.25, -0.2) is 4.98 Å². The monoisotopic (exact) mass is 289 g/mol. The second-order valence-electron chi connectivity index (χ2n) is 4.48. The molecule has 0 fully saturated rings. The van der Waals surface area contributed by atoms with E-state index in [0.29, 0.717) is 5.56 Å². The summed E-state index contributed by atoms with van der Waals surface area (Å²) < 4.78 is 0. The lowest BCUT2D eigenvalue weighted by molar-refractivity contribution is 0.0962. The third kappa shape index (κ3) is 3.17. The van der Waals surface area contributed by atoms with Crippen LogP contribution in [0.25, 0.3) is 0 Å². The van der Waals surface area contributed by atoms with E-state index < -0.39 is 0 Å². The molecule has 1 aromatic heterocycles. The molecule has 0 radical (unpaired) electrons. The maximum absolute atomic E-state index is 11.8. The second-order valence-corrected chi connectivity index (χ2v) is 5.68. The van der Waals surface area contributed by atoms with Crippen LogP contribution in [0.4, 0.5) is 5.69 Å². The molecule has 0 aliphatic rings. The number of aryl methyl sites for hydroxylation is 1. The van der Waals surface area contributed by atoms with Gasteiger partial charge in [-0.1, -0.05) is 13.0 Å². The molecule has 1 amide bonds. The van der Waals surface area contributed by atoms with E-state index in [2.05, 4.69) is 22.5 Å². The van der Waals surface area contributed by atoms with Crippen molar-refractivity contribution in [3.8, 4) is 0 Å². The molecule has 5 heteroatoms. The van der Waals surface area contributed by atoms with Gasteiger partial charge in [0.25, 0.3) is 5.91 Å². The summed E-state index contributed by atoms with van der Waals surface area (Å²) in [4.78, 5) is 17.3. The van der Waals surface area contributed by atoms with E-state index in [0.717, 1.165) is 29.2 Å². The Labute approximate surface area is 123 Å². The first kappa shape index (κ1) is 14.5. The van der Waals surface area contributed by atoms with Crippen molar-refractivity contribution in [3.05, 3.63) is 45.4 Å². The van der Waals surface area contributed by atoms with E-state index in [-0.39, 0.29) is 5.91 Å². The summed E-state index contributed by atoms with van der Waals surface area (Å²) in [5.41, 5.74) is 2.65. The van der Waals surface area contributed by atoms with E-state index in [1.807, 2.05) is 31.3 Å². The zero-order valence-corrected chi connectivity index (χ0v) is 12.8. The molecule has 0 aliphatic heterocycles. The Morgan fingerprint density at radius 1 is 1.40 bits per heavy atom. The summed E-state index contributed by atoms with van der Waals surface area (Å²) in [6.07, 6.45) is 2.88. The van der Waals surface area contributed by atoms with E-state index in [9.17, 15) is 4.79 Å². The topological polar surface area (TPSA) is 54.0 Å². The first-order valence-corrected chi connectivity index (χ1v) is 7.46. The maximum atomic E-state index is 11.8. The molecule has 0 bridgehead atoms. The molecule has 0 saturated carbocycles. The van der Waals surface area contributed by atoms with Gasteiger partial charge in [-0.05, 0) is 31.0 Å². The third-order valence-corrected chi connectivity index (χ3v) is 4.30. The fraction of sp³-hybridized carbons (Fsp3) is 0.333. The van der Waals surface area contributed by atoms with Crippen LogP contribution in [0.3, 0.4) is 0 Å². The summed E-state index contributed by atoms with van der Waals surface area (Å²) in [7, 11) is 1.64. The Morgan fingerprint density at radius 3 is 2.85 bits per heavy atom. The zero-order chi connectivity index (χ0) is 14.5. The second kappa shape index (κ2) is 6.52. The first-order chi connectivity index (χ1) is 9.65. The van der Waals surface area contributed by atoms with Crippen molar-refractivity contribution in [2.75, 3.05) is 12.4 Å². The number of amides is 1. The molecule has 4 nitrogen and oxygen atoms in total. The number of rotatable bonds is 5. The van der Waals surface area contributed by atoms with Gasteiger partial charge < -0.3 is 10.6 Å². The van der Waals surface area contributed by atoms with Gasteiger partial charge in [0.2, 0.25) is 0 Å². The average Bonchev–Trinajstić information content (AvgIpc) is 2.93. The largest absolute Gasteiger partial charge is 0.380 e. The van der Waals surface area contributed by atoms with Gasteiger partial charge in [0.1, 0.15) is 0 Å². The van der Waals surface area contributed by atoms with E-state index in [1.165, 1.54) is 4.88 Å². The molecule has 1 heterocycles. The van der Waals surface area contributed by atoms with Gasteiger partial charge in [0, 0.05) is 29.4 Å². The normalized spacial score (nSPS) is 10.3. The highest BCUT2D eigenvalue weighted by Crippen LogP contribution is 2.21. The lowest BCUT2D eigenvalue weighted by atomic mass is 10.1. The minimum absolute atomic E-state index is 0.0581. The number of hydrogen-bond donors (Lipinski definition) is 2. The highest BCUT2D eigenvalue weighted by Gasteiger charge is 2.10. The number of carbonyl (C=O) groups excluding carboxylic acids is 1. The smallest absolute Gasteiger partial charge is 0.251 e. The van der Waals surface area contributed by atoms with Gasteiger partial charge in [0.05, 0.1) is 11.6 Å². The Bertz CT molecular complexity index is 607. The van der Waals surface area contributed by atoms with Crippen LogP contribution in [0.5, 0.6) is 0 Å². The molecule has 2 rings (SSSR count). The summed E-state index contributed by atoms with van der Waals surface area (Å²) >= 11 is 1.72. The molecular weight excluding hydrogens is 270 g/mol. The fourth-order valence-corrected chi connectivity index (χ4v) is 2.79. The fourth-order valence-electron chi connectivity index (χ4n) is 1.98. The Morgan fingerprint density at radius 2 is 2.20 bits per heavy atom. The number of nitrogens with one attached hydrogen (secondary N) is 2. The van der Waals surface area contributed by atoms with Crippen LogP contribution in [-0.4, -0.2) is 17.9 Å². The molecule has 1 aromatic carbocycles. The van der Waals surface area contributed by atoms with Crippen molar-refractivity contribution in [2.45, 2.75) is 26.8 Å². The molecule has 0 saturated heterocycles. The summed E-state index contributed by atoms with van der Waals surface area (Å²) in [6.45, 7) is 4.79. The molecule has 2 N–H and O–H groups in total. The van der Waals surface area contributed by atoms with Crippen LogP contribution in [0, 0.1) is 6.92 Å². The Balaban J connectivity index is 2.11. The number of carbonyl (C=O) groups is 1.